The maximum absolute atomic E-state index is 11.5. The molecule has 0 aromatic heterocycles. The van der Waals surface area contributed by atoms with Gasteiger partial charge in [0.2, 0.25) is 5.78 Å². The number of carbonyl (C=O) groups excluding carboxylic acids is 2. The Kier molecular flexibility index (Phi) is 5.97. The van der Waals surface area contributed by atoms with E-state index in [0.29, 0.717) is 11.8 Å². The molecule has 0 saturated carbocycles. The van der Waals surface area contributed by atoms with Gasteiger partial charge in [-0.2, -0.15) is 0 Å². The molecule has 16 heavy (non-hydrogen) atoms. The lowest BCUT2D eigenvalue weighted by Crippen LogP contribution is -2.09. The number of hydrogen-bond acceptors (Lipinski definition) is 2. The topological polar surface area (TPSA) is 34.1 Å². The number of benzene rings is 1. The molecule has 0 fully saturated rings. The van der Waals surface area contributed by atoms with Gasteiger partial charge in [-0.05, 0) is 30.9 Å². The lowest BCUT2D eigenvalue weighted by atomic mass is 9.92. The molecular formula is C13H17ClO2. The van der Waals surface area contributed by atoms with E-state index in [2.05, 4.69) is 0 Å². The van der Waals surface area contributed by atoms with E-state index < -0.39 is 5.78 Å². The van der Waals surface area contributed by atoms with Gasteiger partial charge in [-0.25, -0.2) is 0 Å². The third-order valence-corrected chi connectivity index (χ3v) is 2.56. The standard InChI is InChI=1S/C13H16O2.ClH/c1-4-10-6-9(3)7-11(5-2)13(10)12(15)8-14;/h6-8H,4-5H2,1-3H3;1H. The minimum Gasteiger partial charge on any atom is -0.294 e. The molecule has 0 aliphatic heterocycles. The summed E-state index contributed by atoms with van der Waals surface area (Å²) in [5, 5.41) is 0. The fourth-order valence-electron chi connectivity index (χ4n) is 1.87. The van der Waals surface area contributed by atoms with Crippen LogP contribution in [0.25, 0.3) is 0 Å². The lowest BCUT2D eigenvalue weighted by Gasteiger charge is -2.11. The predicted molar refractivity (Wildman–Crippen MR) is 67.6 cm³/mol. The van der Waals surface area contributed by atoms with Crippen LogP contribution in [0.2, 0.25) is 0 Å². The lowest BCUT2D eigenvalue weighted by molar-refractivity contribution is -0.104. The summed E-state index contributed by atoms with van der Waals surface area (Å²) in [6.07, 6.45) is 1.97. The molecule has 0 unspecified atom stereocenters. The molecule has 0 bridgehead atoms. The number of halogens is 1. The number of aldehydes is 1. The summed E-state index contributed by atoms with van der Waals surface area (Å²) in [6, 6.07) is 3.96. The van der Waals surface area contributed by atoms with Gasteiger partial charge in [-0.3, -0.25) is 9.59 Å². The first-order valence-corrected chi connectivity index (χ1v) is 5.25. The molecule has 3 heteroatoms. The van der Waals surface area contributed by atoms with Crippen molar-refractivity contribution in [3.05, 3.63) is 34.4 Å². The normalized spacial score (nSPS) is 9.44. The van der Waals surface area contributed by atoms with Crippen molar-refractivity contribution < 1.29 is 9.59 Å². The largest absolute Gasteiger partial charge is 0.294 e. The third kappa shape index (κ3) is 2.92. The summed E-state index contributed by atoms with van der Waals surface area (Å²) in [4.78, 5) is 22.1. The van der Waals surface area contributed by atoms with Crippen LogP contribution in [-0.2, 0) is 17.6 Å². The van der Waals surface area contributed by atoms with Crippen molar-refractivity contribution in [3.63, 3.8) is 0 Å². The summed E-state index contributed by atoms with van der Waals surface area (Å²) in [5.41, 5.74) is 3.71. The average molecular weight is 241 g/mol. The Morgan fingerprint density at radius 2 is 1.62 bits per heavy atom. The highest BCUT2D eigenvalue weighted by Gasteiger charge is 2.14. The van der Waals surface area contributed by atoms with Crippen LogP contribution in [-0.4, -0.2) is 12.1 Å². The van der Waals surface area contributed by atoms with Crippen molar-refractivity contribution in [2.75, 3.05) is 0 Å². The van der Waals surface area contributed by atoms with Gasteiger partial charge >= 0.3 is 0 Å². The summed E-state index contributed by atoms with van der Waals surface area (Å²) >= 11 is 0. The van der Waals surface area contributed by atoms with Crippen molar-refractivity contribution in [3.8, 4) is 0 Å². The molecule has 1 aromatic carbocycles. The van der Waals surface area contributed by atoms with Crippen LogP contribution in [0.1, 0.15) is 40.9 Å². The molecule has 0 aliphatic carbocycles. The number of rotatable bonds is 4. The van der Waals surface area contributed by atoms with Gasteiger partial charge in [-0.1, -0.05) is 31.5 Å². The minimum absolute atomic E-state index is 0. The van der Waals surface area contributed by atoms with E-state index >= 15 is 0 Å². The van der Waals surface area contributed by atoms with Gasteiger partial charge in [0.05, 0.1) is 0 Å². The highest BCUT2D eigenvalue weighted by atomic mass is 35.5. The molecular weight excluding hydrogens is 224 g/mol. The van der Waals surface area contributed by atoms with E-state index in [4.69, 9.17) is 0 Å². The van der Waals surface area contributed by atoms with Crippen LogP contribution in [0.5, 0.6) is 0 Å². The van der Waals surface area contributed by atoms with E-state index in [1.165, 1.54) is 0 Å². The number of Topliss-reactive ketones (excluding diaryl/α,β-unsaturated/α-hetero) is 1. The summed E-state index contributed by atoms with van der Waals surface area (Å²) in [5.74, 6) is -0.399. The van der Waals surface area contributed by atoms with Crippen molar-refractivity contribution in [2.24, 2.45) is 0 Å². The van der Waals surface area contributed by atoms with Gasteiger partial charge in [-0.15, -0.1) is 12.4 Å². The van der Waals surface area contributed by atoms with Crippen LogP contribution in [0.15, 0.2) is 12.1 Å². The molecule has 0 radical (unpaired) electrons. The number of ketones is 1. The van der Waals surface area contributed by atoms with E-state index in [9.17, 15) is 9.59 Å². The van der Waals surface area contributed by atoms with Gasteiger partial charge in [0.15, 0.2) is 6.29 Å². The quantitative estimate of drug-likeness (QED) is 0.461. The SMILES string of the molecule is CCc1cc(C)cc(CC)c1C(=O)C=O.Cl. The van der Waals surface area contributed by atoms with Crippen LogP contribution in [0.3, 0.4) is 0 Å². The van der Waals surface area contributed by atoms with Gasteiger partial charge in [0.1, 0.15) is 0 Å². The first-order valence-electron chi connectivity index (χ1n) is 5.25. The fraction of sp³-hybridized carbons (Fsp3) is 0.385. The zero-order chi connectivity index (χ0) is 11.4. The highest BCUT2D eigenvalue weighted by Crippen LogP contribution is 2.19. The van der Waals surface area contributed by atoms with Crippen LogP contribution < -0.4 is 0 Å². The Morgan fingerprint density at radius 1 is 1.19 bits per heavy atom. The molecule has 0 atom stereocenters. The van der Waals surface area contributed by atoms with Crippen LogP contribution >= 0.6 is 12.4 Å². The Hall–Kier alpha value is -1.15. The summed E-state index contributed by atoms with van der Waals surface area (Å²) in [7, 11) is 0. The summed E-state index contributed by atoms with van der Waals surface area (Å²) in [6.45, 7) is 6.00. The molecule has 0 aliphatic rings. The Morgan fingerprint density at radius 3 is 1.94 bits per heavy atom. The monoisotopic (exact) mass is 240 g/mol. The zero-order valence-electron chi connectivity index (χ0n) is 9.87. The van der Waals surface area contributed by atoms with E-state index in [1.807, 2.05) is 32.9 Å². The molecule has 0 amide bonds. The van der Waals surface area contributed by atoms with Crippen molar-refractivity contribution in [1.29, 1.82) is 0 Å². The molecule has 1 aromatic rings. The molecule has 88 valence electrons. The molecule has 0 heterocycles. The van der Waals surface area contributed by atoms with E-state index in [0.717, 1.165) is 29.5 Å². The average Bonchev–Trinajstić information content (AvgIpc) is 2.26. The van der Waals surface area contributed by atoms with Crippen molar-refractivity contribution in [1.82, 2.24) is 0 Å². The molecule has 0 spiro atoms. The predicted octanol–water partition coefficient (Wildman–Crippen LogP) is 2.92. The Bertz CT molecular complexity index is 372. The Labute approximate surface area is 102 Å². The molecule has 0 N–H and O–H groups in total. The van der Waals surface area contributed by atoms with Crippen LogP contribution in [0.4, 0.5) is 0 Å². The molecule has 1 rings (SSSR count). The smallest absolute Gasteiger partial charge is 0.225 e. The molecule has 2 nitrogen and oxygen atoms in total. The van der Waals surface area contributed by atoms with Crippen molar-refractivity contribution in [2.45, 2.75) is 33.6 Å². The van der Waals surface area contributed by atoms with Gasteiger partial charge in [0.25, 0.3) is 0 Å². The first kappa shape index (κ1) is 14.8. The first-order chi connectivity index (χ1) is 7.13. The minimum atomic E-state index is -0.399. The zero-order valence-corrected chi connectivity index (χ0v) is 10.7. The highest BCUT2D eigenvalue weighted by molar-refractivity contribution is 6.34. The third-order valence-electron chi connectivity index (χ3n) is 2.56. The second-order valence-corrected chi connectivity index (χ2v) is 3.65. The maximum atomic E-state index is 11.5. The van der Waals surface area contributed by atoms with Crippen LogP contribution in [0, 0.1) is 6.92 Å². The maximum Gasteiger partial charge on any atom is 0.225 e. The van der Waals surface area contributed by atoms with Crippen molar-refractivity contribution >= 4 is 24.5 Å². The summed E-state index contributed by atoms with van der Waals surface area (Å²) < 4.78 is 0. The van der Waals surface area contributed by atoms with Gasteiger partial charge in [0, 0.05) is 5.56 Å². The molecule has 0 saturated heterocycles. The number of hydrogen-bond donors (Lipinski definition) is 0. The van der Waals surface area contributed by atoms with E-state index in [-0.39, 0.29) is 12.4 Å². The number of aryl methyl sites for hydroxylation is 3. The fourth-order valence-corrected chi connectivity index (χ4v) is 1.87. The second kappa shape index (κ2) is 6.44. The second-order valence-electron chi connectivity index (χ2n) is 3.65. The Balaban J connectivity index is 0.00000225. The van der Waals surface area contributed by atoms with Gasteiger partial charge < -0.3 is 0 Å². The number of carbonyl (C=O) groups is 2. The van der Waals surface area contributed by atoms with E-state index in [1.54, 1.807) is 0 Å².